The molecule has 22 heavy (non-hydrogen) atoms. The van der Waals surface area contributed by atoms with E-state index in [0.29, 0.717) is 12.1 Å². The Bertz CT molecular complexity index is 542. The van der Waals surface area contributed by atoms with E-state index in [2.05, 4.69) is 15.6 Å². The van der Waals surface area contributed by atoms with Crippen molar-refractivity contribution in [1.82, 2.24) is 10.6 Å². The first kappa shape index (κ1) is 17.4. The third-order valence-corrected chi connectivity index (χ3v) is 4.58. The van der Waals surface area contributed by atoms with Crippen molar-refractivity contribution in [1.29, 1.82) is 0 Å². The van der Waals surface area contributed by atoms with Gasteiger partial charge in [-0.3, -0.25) is 4.99 Å². The normalized spacial score (nSPS) is 19.8. The zero-order chi connectivity index (χ0) is 14.7. The first-order chi connectivity index (χ1) is 10.2. The lowest BCUT2D eigenvalue weighted by atomic mass is 9.78. The maximum atomic E-state index is 14.2. The molecule has 1 aromatic carbocycles. The fourth-order valence-electron chi connectivity index (χ4n) is 3.41. The highest BCUT2D eigenvalue weighted by Crippen LogP contribution is 2.42. The van der Waals surface area contributed by atoms with Crippen LogP contribution in [0, 0.1) is 11.6 Å². The van der Waals surface area contributed by atoms with Crippen molar-refractivity contribution in [3.05, 3.63) is 35.4 Å². The summed E-state index contributed by atoms with van der Waals surface area (Å²) in [7, 11) is 0. The summed E-state index contributed by atoms with van der Waals surface area (Å²) in [5.74, 6) is -0.670. The molecule has 0 amide bonds. The van der Waals surface area contributed by atoms with Crippen molar-refractivity contribution >= 4 is 29.9 Å². The second-order valence-electron chi connectivity index (χ2n) is 5.95. The summed E-state index contributed by atoms with van der Waals surface area (Å²) in [6, 6.07) is 4.51. The average molecular weight is 421 g/mol. The van der Waals surface area contributed by atoms with Crippen LogP contribution in [0.4, 0.5) is 8.78 Å². The minimum absolute atomic E-state index is 0. The fraction of sp³-hybridized carbons (Fsp3) is 0.562. The molecule has 0 radical (unpaired) electrons. The Hall–Kier alpha value is -0.920. The van der Waals surface area contributed by atoms with Gasteiger partial charge in [0, 0.05) is 25.0 Å². The van der Waals surface area contributed by atoms with Crippen LogP contribution in [0.1, 0.15) is 37.7 Å². The molecule has 1 aromatic rings. The highest BCUT2D eigenvalue weighted by atomic mass is 127. The van der Waals surface area contributed by atoms with Crippen molar-refractivity contribution in [2.24, 2.45) is 4.99 Å². The van der Waals surface area contributed by atoms with Gasteiger partial charge in [0.25, 0.3) is 0 Å². The summed E-state index contributed by atoms with van der Waals surface area (Å²) in [4.78, 5) is 4.38. The number of halogens is 3. The van der Waals surface area contributed by atoms with Gasteiger partial charge in [0.05, 0.1) is 0 Å². The molecule has 0 bridgehead atoms. The summed E-state index contributed by atoms with van der Waals surface area (Å²) in [5, 5.41) is 6.51. The lowest BCUT2D eigenvalue weighted by Gasteiger charge is -2.31. The van der Waals surface area contributed by atoms with Crippen LogP contribution in [0.5, 0.6) is 0 Å². The van der Waals surface area contributed by atoms with Gasteiger partial charge >= 0.3 is 0 Å². The van der Waals surface area contributed by atoms with Crippen LogP contribution in [0.2, 0.25) is 0 Å². The minimum Gasteiger partial charge on any atom is -0.356 e. The number of rotatable bonds is 3. The molecule has 1 aliphatic heterocycles. The number of hydrogen-bond acceptors (Lipinski definition) is 3. The van der Waals surface area contributed by atoms with E-state index in [4.69, 9.17) is 0 Å². The van der Waals surface area contributed by atoms with Crippen LogP contribution < -0.4 is 10.6 Å². The highest BCUT2D eigenvalue weighted by molar-refractivity contribution is 14.0. The predicted molar refractivity (Wildman–Crippen MR) is 94.8 cm³/mol. The molecule has 3 rings (SSSR count). The Morgan fingerprint density at radius 1 is 1.18 bits per heavy atom. The zero-order valence-corrected chi connectivity index (χ0v) is 14.8. The van der Waals surface area contributed by atoms with E-state index in [1.54, 1.807) is 12.1 Å². The molecule has 0 unspecified atom stereocenters. The van der Waals surface area contributed by atoms with E-state index < -0.39 is 11.6 Å². The maximum Gasteiger partial charge on any atom is 0.191 e. The van der Waals surface area contributed by atoms with Crippen molar-refractivity contribution in [3.8, 4) is 0 Å². The van der Waals surface area contributed by atoms with E-state index in [1.807, 2.05) is 0 Å². The molecule has 3 nitrogen and oxygen atoms in total. The van der Waals surface area contributed by atoms with Gasteiger partial charge in [-0.05, 0) is 30.9 Å². The number of aliphatic imine (C=N–C) groups is 1. The van der Waals surface area contributed by atoms with Crippen LogP contribution in [0.25, 0.3) is 0 Å². The highest BCUT2D eigenvalue weighted by Gasteiger charge is 2.38. The number of hydrogen-bond donors (Lipinski definition) is 2. The number of guanidine groups is 1. The van der Waals surface area contributed by atoms with Crippen LogP contribution in [-0.2, 0) is 5.41 Å². The van der Waals surface area contributed by atoms with Gasteiger partial charge in [0.1, 0.15) is 0 Å². The third-order valence-electron chi connectivity index (χ3n) is 4.58. The Kier molecular flexibility index (Phi) is 6.00. The Morgan fingerprint density at radius 2 is 1.95 bits per heavy atom. The molecule has 1 saturated carbocycles. The van der Waals surface area contributed by atoms with E-state index >= 15 is 0 Å². The molecule has 1 fully saturated rings. The van der Waals surface area contributed by atoms with Gasteiger partial charge in [-0.1, -0.05) is 25.0 Å². The average Bonchev–Trinajstić information content (AvgIpc) is 2.99. The molecule has 0 saturated heterocycles. The van der Waals surface area contributed by atoms with E-state index in [9.17, 15) is 8.78 Å². The minimum atomic E-state index is -0.757. The molecule has 2 aliphatic rings. The molecule has 0 atom stereocenters. The van der Waals surface area contributed by atoms with Gasteiger partial charge in [-0.25, -0.2) is 8.78 Å². The van der Waals surface area contributed by atoms with E-state index in [-0.39, 0.29) is 29.4 Å². The van der Waals surface area contributed by atoms with Gasteiger partial charge in [-0.15, -0.1) is 24.0 Å². The zero-order valence-electron chi connectivity index (χ0n) is 12.5. The van der Waals surface area contributed by atoms with Gasteiger partial charge in [0.15, 0.2) is 17.6 Å². The SMILES string of the molecule is Fc1cccc(C2(CNC3=NCCCN3)CCCC2)c1F.I. The largest absolute Gasteiger partial charge is 0.356 e. The van der Waals surface area contributed by atoms with Crippen molar-refractivity contribution in [2.45, 2.75) is 37.5 Å². The number of nitrogens with one attached hydrogen (secondary N) is 2. The van der Waals surface area contributed by atoms with E-state index in [0.717, 1.165) is 51.2 Å². The van der Waals surface area contributed by atoms with Gasteiger partial charge in [0.2, 0.25) is 0 Å². The second kappa shape index (κ2) is 7.57. The van der Waals surface area contributed by atoms with Gasteiger partial charge in [-0.2, -0.15) is 0 Å². The summed E-state index contributed by atoms with van der Waals surface area (Å²) in [6.45, 7) is 2.32. The lowest BCUT2D eigenvalue weighted by Crippen LogP contribution is -2.46. The first-order valence-corrected chi connectivity index (χ1v) is 7.68. The number of benzene rings is 1. The smallest absolute Gasteiger partial charge is 0.191 e. The summed E-state index contributed by atoms with van der Waals surface area (Å²) >= 11 is 0. The first-order valence-electron chi connectivity index (χ1n) is 7.68. The predicted octanol–water partition coefficient (Wildman–Crippen LogP) is 3.33. The molecule has 2 N–H and O–H groups in total. The topological polar surface area (TPSA) is 36.4 Å². The van der Waals surface area contributed by atoms with Crippen molar-refractivity contribution < 1.29 is 8.78 Å². The second-order valence-corrected chi connectivity index (χ2v) is 5.95. The monoisotopic (exact) mass is 421 g/mol. The molecule has 122 valence electrons. The quantitative estimate of drug-likeness (QED) is 0.735. The Labute approximate surface area is 147 Å². The Morgan fingerprint density at radius 3 is 2.64 bits per heavy atom. The maximum absolute atomic E-state index is 14.2. The molecule has 1 heterocycles. The molecule has 6 heteroatoms. The molecule has 0 spiro atoms. The van der Waals surface area contributed by atoms with Crippen LogP contribution >= 0.6 is 24.0 Å². The molecule has 0 aromatic heterocycles. The summed E-state index contributed by atoms with van der Waals surface area (Å²) in [6.07, 6.45) is 4.91. The van der Waals surface area contributed by atoms with Crippen LogP contribution in [0.15, 0.2) is 23.2 Å². The summed E-state index contributed by atoms with van der Waals surface area (Å²) < 4.78 is 27.8. The standard InChI is InChI=1S/C16H21F2N3.HI/c17-13-6-3-5-12(14(13)18)16(7-1-2-8-16)11-21-15-19-9-4-10-20-15;/h3,5-6H,1-2,4,7-11H2,(H2,19,20,21);1H. The molecular weight excluding hydrogens is 399 g/mol. The fourth-order valence-corrected chi connectivity index (χ4v) is 3.41. The molecular formula is C16H22F2IN3. The Balaban J connectivity index is 0.00000176. The lowest BCUT2D eigenvalue weighted by molar-refractivity contribution is 0.394. The van der Waals surface area contributed by atoms with Gasteiger partial charge < -0.3 is 10.6 Å². The van der Waals surface area contributed by atoms with Crippen LogP contribution in [0.3, 0.4) is 0 Å². The number of nitrogens with zero attached hydrogens (tertiary/aromatic N) is 1. The van der Waals surface area contributed by atoms with Crippen molar-refractivity contribution in [2.75, 3.05) is 19.6 Å². The van der Waals surface area contributed by atoms with E-state index in [1.165, 1.54) is 6.07 Å². The van der Waals surface area contributed by atoms with Crippen LogP contribution in [-0.4, -0.2) is 25.6 Å². The molecule has 1 aliphatic carbocycles. The summed E-state index contributed by atoms with van der Waals surface area (Å²) in [5.41, 5.74) is 0.178. The third kappa shape index (κ3) is 3.52. The van der Waals surface area contributed by atoms with Crippen molar-refractivity contribution in [3.63, 3.8) is 0 Å².